The van der Waals surface area contributed by atoms with Crippen LogP contribution in [0, 0.1) is 5.41 Å². The molecule has 1 aromatic rings. The van der Waals surface area contributed by atoms with Crippen LogP contribution in [0.1, 0.15) is 53.5 Å². The standard InChI is InChI=1S/C18H26O.C5H5.C2H7Si.Ti/c1-8-14(17(2,3)4)13-19-16-11-9-10-15(12-16)18(5,6)7;1-2-4-5-3-1;1-3-2;/h8-13H,1H2,2-7H3;1-3H,4H2;3H,1-2H3;. The Labute approximate surface area is 183 Å². The second-order valence-electron chi connectivity index (χ2n) is 9.55. The van der Waals surface area contributed by atoms with Crippen molar-refractivity contribution >= 4 is 6.66 Å². The van der Waals surface area contributed by atoms with Crippen molar-refractivity contribution in [3.63, 3.8) is 0 Å². The van der Waals surface area contributed by atoms with Gasteiger partial charge in [-0.2, -0.15) is 0 Å². The summed E-state index contributed by atoms with van der Waals surface area (Å²) in [5.41, 5.74) is 2.54. The first-order valence-corrected chi connectivity index (χ1v) is 16.5. The summed E-state index contributed by atoms with van der Waals surface area (Å²) in [6.45, 7) is 21.6. The zero-order valence-corrected chi connectivity index (χ0v) is 21.8. The van der Waals surface area contributed by atoms with E-state index in [-0.39, 0.29) is 17.5 Å². The zero-order valence-electron chi connectivity index (χ0n) is 19.1. The molecule has 0 saturated heterocycles. The number of rotatable bonds is 5. The number of hydrogen-bond donors (Lipinski definition) is 0. The Kier molecular flexibility index (Phi) is 9.97. The molecule has 3 heteroatoms. The number of benzene rings is 1. The second-order valence-corrected chi connectivity index (χ2v) is 19.9. The van der Waals surface area contributed by atoms with E-state index in [1.165, 1.54) is 12.0 Å². The summed E-state index contributed by atoms with van der Waals surface area (Å²) in [6.07, 6.45) is 11.7. The van der Waals surface area contributed by atoms with Gasteiger partial charge in [-0.05, 0) is 34.1 Å². The molecular weight excluding hydrogens is 392 g/mol. The van der Waals surface area contributed by atoms with Gasteiger partial charge in [0.1, 0.15) is 5.75 Å². The molecule has 1 aliphatic rings. The van der Waals surface area contributed by atoms with Gasteiger partial charge in [-0.25, -0.2) is 0 Å². The SMILES string of the molecule is C=CC(=COc1cccc(C(C)(C)C)c1)C(C)(C)C.C[SiH](C)[Ti][C]1=CC=CC1. The molecule has 0 bridgehead atoms. The molecule has 0 aliphatic heterocycles. The fourth-order valence-corrected chi connectivity index (χ4v) is 8.39. The van der Waals surface area contributed by atoms with E-state index in [0.717, 1.165) is 11.3 Å². The molecule has 0 fully saturated rings. The predicted octanol–water partition coefficient (Wildman–Crippen LogP) is 7.38. The van der Waals surface area contributed by atoms with E-state index in [4.69, 9.17) is 4.74 Å². The van der Waals surface area contributed by atoms with Gasteiger partial charge in [0.25, 0.3) is 0 Å². The van der Waals surface area contributed by atoms with E-state index in [9.17, 15) is 0 Å². The summed E-state index contributed by atoms with van der Waals surface area (Å²) in [7, 11) is 0. The van der Waals surface area contributed by atoms with E-state index >= 15 is 0 Å². The molecule has 0 radical (unpaired) electrons. The van der Waals surface area contributed by atoms with Gasteiger partial charge in [0.05, 0.1) is 6.26 Å². The van der Waals surface area contributed by atoms with Gasteiger partial charge < -0.3 is 4.74 Å². The monoisotopic (exact) mass is 430 g/mol. The van der Waals surface area contributed by atoms with Crippen molar-refractivity contribution in [1.29, 1.82) is 0 Å². The minimum atomic E-state index is -0.207. The van der Waals surface area contributed by atoms with E-state index in [0.29, 0.717) is 18.4 Å². The van der Waals surface area contributed by atoms with E-state index in [1.807, 2.05) is 18.2 Å². The fourth-order valence-electron chi connectivity index (χ4n) is 2.62. The summed E-state index contributed by atoms with van der Waals surface area (Å²) in [4.78, 5) is 0. The summed E-state index contributed by atoms with van der Waals surface area (Å²) >= 11 is 0.375. The van der Waals surface area contributed by atoms with Crippen molar-refractivity contribution in [3.05, 3.63) is 76.4 Å². The normalized spacial score (nSPS) is 14.3. The molecule has 152 valence electrons. The van der Waals surface area contributed by atoms with Crippen LogP contribution in [-0.4, -0.2) is 6.66 Å². The molecule has 1 aliphatic carbocycles. The number of ether oxygens (including phenoxy) is 1. The molecule has 1 nitrogen and oxygen atoms in total. The van der Waals surface area contributed by atoms with Crippen LogP contribution in [0.3, 0.4) is 0 Å². The van der Waals surface area contributed by atoms with Gasteiger partial charge in [-0.1, -0.05) is 66.3 Å². The van der Waals surface area contributed by atoms with Gasteiger partial charge >= 0.3 is 66.7 Å². The Bertz CT molecular complexity index is 728. The molecule has 0 spiro atoms. The first kappa shape index (κ1) is 24.9. The van der Waals surface area contributed by atoms with Crippen molar-refractivity contribution in [2.45, 2.75) is 66.5 Å². The third-order valence-electron chi connectivity index (χ3n) is 4.35. The van der Waals surface area contributed by atoms with Gasteiger partial charge in [0.15, 0.2) is 0 Å². The van der Waals surface area contributed by atoms with Crippen molar-refractivity contribution in [3.8, 4) is 5.75 Å². The fraction of sp³-hybridized carbons (Fsp3) is 0.440. The quantitative estimate of drug-likeness (QED) is 0.269. The van der Waals surface area contributed by atoms with Gasteiger partial charge in [0, 0.05) is 0 Å². The van der Waals surface area contributed by atoms with Crippen molar-refractivity contribution in [2.75, 3.05) is 0 Å². The average molecular weight is 431 g/mol. The van der Waals surface area contributed by atoms with Crippen LogP contribution in [-0.2, 0) is 23.8 Å². The van der Waals surface area contributed by atoms with E-state index < -0.39 is 0 Å². The molecule has 0 atom stereocenters. The molecule has 0 heterocycles. The topological polar surface area (TPSA) is 9.23 Å². The van der Waals surface area contributed by atoms with Crippen LogP contribution >= 0.6 is 0 Å². The molecule has 28 heavy (non-hydrogen) atoms. The molecule has 1 aromatic carbocycles. The van der Waals surface area contributed by atoms with Gasteiger partial charge in [-0.3, -0.25) is 0 Å². The molecule has 0 unspecified atom stereocenters. The van der Waals surface area contributed by atoms with E-state index in [1.54, 1.807) is 10.1 Å². The molecule has 0 N–H and O–H groups in total. The maximum absolute atomic E-state index is 5.79. The van der Waals surface area contributed by atoms with Crippen LogP contribution in [0.25, 0.3) is 0 Å². The zero-order chi connectivity index (χ0) is 21.4. The van der Waals surface area contributed by atoms with Crippen LogP contribution in [0.4, 0.5) is 0 Å². The third kappa shape index (κ3) is 9.41. The first-order valence-electron chi connectivity index (χ1n) is 10.2. The summed E-state index contributed by atoms with van der Waals surface area (Å²) in [5, 5.41) is 0. The second kappa shape index (κ2) is 11.2. The number of allylic oxidation sites excluding steroid dienone is 6. The Morgan fingerprint density at radius 2 is 1.82 bits per heavy atom. The van der Waals surface area contributed by atoms with Gasteiger partial charge in [0.2, 0.25) is 0 Å². The van der Waals surface area contributed by atoms with Gasteiger partial charge in [-0.15, -0.1) is 0 Å². The predicted molar refractivity (Wildman–Crippen MR) is 124 cm³/mol. The summed E-state index contributed by atoms with van der Waals surface area (Å²) in [5.74, 6) is 0.871. The van der Waals surface area contributed by atoms with Crippen LogP contribution in [0.15, 0.2) is 70.9 Å². The summed E-state index contributed by atoms with van der Waals surface area (Å²) in [6, 6.07) is 8.25. The Morgan fingerprint density at radius 1 is 1.14 bits per heavy atom. The van der Waals surface area contributed by atoms with Crippen molar-refractivity contribution in [1.82, 2.24) is 0 Å². The maximum atomic E-state index is 5.79. The molecule has 0 amide bonds. The minimum absolute atomic E-state index is 0.0450. The Morgan fingerprint density at radius 3 is 2.29 bits per heavy atom. The molecule has 2 rings (SSSR count). The number of hydrogen-bond acceptors (Lipinski definition) is 1. The van der Waals surface area contributed by atoms with Crippen molar-refractivity contribution in [2.24, 2.45) is 5.41 Å². The molecule has 0 saturated carbocycles. The van der Waals surface area contributed by atoms with Crippen LogP contribution in [0.2, 0.25) is 13.1 Å². The molecule has 0 aromatic heterocycles. The van der Waals surface area contributed by atoms with Crippen molar-refractivity contribution < 1.29 is 23.1 Å². The first-order chi connectivity index (χ1) is 12.9. The third-order valence-corrected chi connectivity index (χ3v) is 10.3. The molecular formula is C25H38OSiTi. The Hall–Kier alpha value is -1.09. The van der Waals surface area contributed by atoms with E-state index in [2.05, 4.69) is 91.6 Å². The Balaban J connectivity index is 0.000000362. The van der Waals surface area contributed by atoms with Crippen LogP contribution < -0.4 is 4.74 Å². The van der Waals surface area contributed by atoms with Crippen LogP contribution in [0.5, 0.6) is 5.75 Å². The summed E-state index contributed by atoms with van der Waals surface area (Å²) < 4.78 is 7.56. The average Bonchev–Trinajstić information content (AvgIpc) is 3.06.